The second kappa shape index (κ2) is 25.1. The van der Waals surface area contributed by atoms with Crippen LogP contribution in [0.3, 0.4) is 0 Å². The molecular weight excluding hydrogens is 108 g/mol. The maximum Gasteiger partial charge on any atom is 2.00 e. The quantitative estimate of drug-likeness (QED) is 0.372. The molecule has 46 valence electrons. The van der Waals surface area contributed by atoms with Crippen LogP contribution in [0.4, 0.5) is 0 Å². The Kier molecular flexibility index (Phi) is 49.8. The van der Waals surface area contributed by atoms with Gasteiger partial charge in [-0.15, -0.1) is 0 Å². The zero-order valence-electron chi connectivity index (χ0n) is 6.57. The van der Waals surface area contributed by atoms with Crippen molar-refractivity contribution in [2.45, 2.75) is 34.1 Å². The van der Waals surface area contributed by atoms with Crippen LogP contribution in [0.15, 0.2) is 0 Å². The minimum absolute atomic E-state index is 0. The summed E-state index contributed by atoms with van der Waals surface area (Å²) >= 11 is 0. The normalized spacial score (nSPS) is 6.00. The van der Waals surface area contributed by atoms with Gasteiger partial charge in [0.1, 0.15) is 0 Å². The van der Waals surface area contributed by atoms with E-state index in [0.717, 1.165) is 0 Å². The van der Waals surface area contributed by atoms with Crippen molar-refractivity contribution in [1.29, 1.82) is 0 Å². The van der Waals surface area contributed by atoms with Crippen molar-refractivity contribution >= 4 is 23.1 Å². The van der Waals surface area contributed by atoms with E-state index in [-0.39, 0.29) is 23.1 Å². The van der Waals surface area contributed by atoms with E-state index in [1.165, 1.54) is 6.42 Å². The molecule has 0 aliphatic carbocycles. The zero-order chi connectivity index (χ0) is 6.12. The van der Waals surface area contributed by atoms with Crippen LogP contribution in [0.5, 0.6) is 0 Å². The molecule has 0 heterocycles. The summed E-state index contributed by atoms with van der Waals surface area (Å²) in [5.41, 5.74) is 0. The van der Waals surface area contributed by atoms with Gasteiger partial charge in [-0.2, -0.15) is 27.2 Å². The fraction of sp³-hybridized carbons (Fsp3) is 0.714. The molecule has 0 radical (unpaired) electrons. The standard InChI is InChI=1S/C4H9.C3H7.Mg/c1-3-4-2;1-3-2;/h3H,4H2,1-2H3;3H,1-2H3;/q2*-1;+2. The van der Waals surface area contributed by atoms with Gasteiger partial charge in [-0.05, 0) is 0 Å². The monoisotopic (exact) mass is 124 g/mol. The Labute approximate surface area is 70.2 Å². The fourth-order valence-electron chi connectivity index (χ4n) is 0. The smallest absolute Gasteiger partial charge is 0.335 e. The molecule has 0 spiro atoms. The van der Waals surface area contributed by atoms with E-state index < -0.39 is 0 Å². The van der Waals surface area contributed by atoms with Crippen LogP contribution >= 0.6 is 0 Å². The minimum Gasteiger partial charge on any atom is -0.335 e. The van der Waals surface area contributed by atoms with E-state index in [1.54, 1.807) is 0 Å². The number of rotatable bonds is 1. The molecule has 0 saturated heterocycles. The number of unbranched alkanes of at least 4 members (excludes halogenated alkanes) is 1. The molecule has 0 aliphatic heterocycles. The molecule has 1 heteroatoms. The molecule has 0 bridgehead atoms. The zero-order valence-corrected chi connectivity index (χ0v) is 7.98. The average Bonchev–Trinajstić information content (AvgIpc) is 1.69. The van der Waals surface area contributed by atoms with Gasteiger partial charge >= 0.3 is 23.1 Å². The van der Waals surface area contributed by atoms with Crippen LogP contribution < -0.4 is 0 Å². The molecule has 0 saturated carbocycles. The number of hydrogen-bond donors (Lipinski definition) is 0. The van der Waals surface area contributed by atoms with Crippen LogP contribution in [0.2, 0.25) is 0 Å². The van der Waals surface area contributed by atoms with Crippen molar-refractivity contribution in [1.82, 2.24) is 0 Å². The van der Waals surface area contributed by atoms with Crippen LogP contribution in [0, 0.1) is 12.8 Å². The third kappa shape index (κ3) is 72.1. The maximum atomic E-state index is 2.12. The van der Waals surface area contributed by atoms with Crippen LogP contribution in [0.1, 0.15) is 34.1 Å². The Morgan fingerprint density at radius 3 is 1.25 bits per heavy atom. The van der Waals surface area contributed by atoms with E-state index in [0.29, 0.717) is 0 Å². The van der Waals surface area contributed by atoms with E-state index in [4.69, 9.17) is 0 Å². The van der Waals surface area contributed by atoms with E-state index in [2.05, 4.69) is 20.3 Å². The minimum atomic E-state index is 0. The Balaban J connectivity index is -0.0000000575. The van der Waals surface area contributed by atoms with Gasteiger partial charge in [0.2, 0.25) is 0 Å². The van der Waals surface area contributed by atoms with Gasteiger partial charge in [-0.1, -0.05) is 6.92 Å². The van der Waals surface area contributed by atoms with Gasteiger partial charge in [0.05, 0.1) is 0 Å². The topological polar surface area (TPSA) is 0 Å². The third-order valence-electron chi connectivity index (χ3n) is 0.408. The summed E-state index contributed by atoms with van der Waals surface area (Å²) in [5, 5.41) is 0. The molecule has 0 fully saturated rings. The molecule has 0 amide bonds. The van der Waals surface area contributed by atoms with Crippen molar-refractivity contribution in [3.8, 4) is 0 Å². The molecule has 0 rings (SSSR count). The third-order valence-corrected chi connectivity index (χ3v) is 0.408. The first kappa shape index (κ1) is 15.9. The molecule has 0 N–H and O–H groups in total. The van der Waals surface area contributed by atoms with Gasteiger partial charge in [0.15, 0.2) is 0 Å². The van der Waals surface area contributed by atoms with Crippen molar-refractivity contribution < 1.29 is 0 Å². The van der Waals surface area contributed by atoms with Gasteiger partial charge < -0.3 is 12.8 Å². The second-order valence-electron chi connectivity index (χ2n) is 1.39. The van der Waals surface area contributed by atoms with Crippen molar-refractivity contribution in [3.63, 3.8) is 0 Å². The molecule has 0 atom stereocenters. The summed E-state index contributed by atoms with van der Waals surface area (Å²) in [4.78, 5) is 0. The largest absolute Gasteiger partial charge is 2.00 e. The Hall–Kier alpha value is 0.766. The van der Waals surface area contributed by atoms with Gasteiger partial charge in [0.25, 0.3) is 0 Å². The maximum absolute atomic E-state index is 2.12. The van der Waals surface area contributed by atoms with E-state index in [1.807, 2.05) is 20.3 Å². The van der Waals surface area contributed by atoms with Crippen molar-refractivity contribution in [2.24, 2.45) is 0 Å². The summed E-state index contributed by atoms with van der Waals surface area (Å²) in [7, 11) is 0. The molecule has 0 nitrogen and oxygen atoms in total. The van der Waals surface area contributed by atoms with Crippen LogP contribution in [-0.4, -0.2) is 23.1 Å². The fourth-order valence-corrected chi connectivity index (χ4v) is 0. The molecule has 0 aromatic carbocycles. The predicted octanol–water partition coefficient (Wildman–Crippen LogP) is 2.47. The second-order valence-corrected chi connectivity index (χ2v) is 1.39. The van der Waals surface area contributed by atoms with Crippen molar-refractivity contribution in [2.75, 3.05) is 0 Å². The van der Waals surface area contributed by atoms with E-state index >= 15 is 0 Å². The molecule has 0 aromatic heterocycles. The summed E-state index contributed by atoms with van der Waals surface area (Å²) in [6.07, 6.45) is 5.32. The molecule has 8 heavy (non-hydrogen) atoms. The molecule has 0 aromatic rings. The summed E-state index contributed by atoms with van der Waals surface area (Å²) < 4.78 is 0. The molecule has 0 aliphatic rings. The van der Waals surface area contributed by atoms with E-state index in [9.17, 15) is 0 Å². The average molecular weight is 125 g/mol. The SMILES string of the molecule is C[CH-]C.C[CH-]CC.[Mg+2]. The van der Waals surface area contributed by atoms with Gasteiger partial charge in [0, 0.05) is 0 Å². The van der Waals surface area contributed by atoms with Crippen LogP contribution in [0.25, 0.3) is 0 Å². The first-order valence-corrected chi connectivity index (χ1v) is 2.85. The molecule has 0 unspecified atom stereocenters. The predicted molar refractivity (Wildman–Crippen MR) is 41.7 cm³/mol. The Bertz CT molecular complexity index is 11.9. The van der Waals surface area contributed by atoms with Gasteiger partial charge in [-0.3, -0.25) is 0 Å². The van der Waals surface area contributed by atoms with Gasteiger partial charge in [-0.25, -0.2) is 0 Å². The summed E-state index contributed by atoms with van der Waals surface area (Å²) in [6.45, 7) is 8.18. The van der Waals surface area contributed by atoms with Crippen molar-refractivity contribution in [3.05, 3.63) is 12.8 Å². The first-order valence-electron chi connectivity index (χ1n) is 2.85. The van der Waals surface area contributed by atoms with Crippen LogP contribution in [-0.2, 0) is 0 Å². The Morgan fingerprint density at radius 1 is 1.12 bits per heavy atom. The summed E-state index contributed by atoms with van der Waals surface area (Å²) in [5.74, 6) is 0. The number of hydrogen-bond acceptors (Lipinski definition) is 0. The first-order chi connectivity index (χ1) is 3.33. The summed E-state index contributed by atoms with van der Waals surface area (Å²) in [6, 6.07) is 0. The molecular formula is C7H16Mg. The Morgan fingerprint density at radius 2 is 1.25 bits per heavy atom.